The van der Waals surface area contributed by atoms with Crippen LogP contribution in [0.4, 0.5) is 17.6 Å². The number of alkyl halides is 4. The smallest absolute Gasteiger partial charge is 0.324 e. The maximum absolute atomic E-state index is 12.6. The predicted octanol–water partition coefficient (Wildman–Crippen LogP) is 1.39. The van der Waals surface area contributed by atoms with Crippen LogP contribution in [0.15, 0.2) is 0 Å². The van der Waals surface area contributed by atoms with Crippen molar-refractivity contribution in [3.8, 4) is 0 Å². The Kier molecular flexibility index (Phi) is 4.35. The van der Waals surface area contributed by atoms with Crippen LogP contribution < -0.4 is 10.6 Å². The highest BCUT2D eigenvalue weighted by molar-refractivity contribution is 5.82. The first kappa shape index (κ1) is 14.2. The van der Waals surface area contributed by atoms with Crippen LogP contribution in [0, 0.1) is 5.41 Å². The molecule has 7 heteroatoms. The van der Waals surface area contributed by atoms with E-state index < -0.39 is 30.2 Å². The van der Waals surface area contributed by atoms with Gasteiger partial charge in [0.1, 0.15) is 0 Å². The summed E-state index contributed by atoms with van der Waals surface area (Å²) in [6, 6.07) is 0. The number of hydrogen-bond donors (Lipinski definition) is 2. The van der Waals surface area contributed by atoms with E-state index in [1.54, 1.807) is 6.92 Å². The fourth-order valence-electron chi connectivity index (χ4n) is 1.74. The molecule has 3 nitrogen and oxygen atoms in total. The van der Waals surface area contributed by atoms with Crippen LogP contribution in [-0.4, -0.2) is 37.9 Å². The molecule has 0 radical (unpaired) electrons. The summed E-state index contributed by atoms with van der Waals surface area (Å²) in [5.41, 5.74) is -0.795. The SMILES string of the molecule is CC1(C(=O)NCC(F)(F)C(F)F)CCCNC1. The Morgan fingerprint density at radius 2 is 2.18 bits per heavy atom. The molecule has 1 atom stereocenters. The molecule has 17 heavy (non-hydrogen) atoms. The van der Waals surface area contributed by atoms with Gasteiger partial charge in [0.05, 0.1) is 12.0 Å². The van der Waals surface area contributed by atoms with Crippen LogP contribution in [-0.2, 0) is 4.79 Å². The summed E-state index contributed by atoms with van der Waals surface area (Å²) < 4.78 is 49.0. The van der Waals surface area contributed by atoms with Crippen molar-refractivity contribution in [3.63, 3.8) is 0 Å². The maximum atomic E-state index is 12.6. The van der Waals surface area contributed by atoms with Crippen molar-refractivity contribution in [3.05, 3.63) is 0 Å². The second-order valence-corrected chi connectivity index (χ2v) is 4.59. The molecule has 1 aliphatic heterocycles. The van der Waals surface area contributed by atoms with Crippen molar-refractivity contribution >= 4 is 5.91 Å². The summed E-state index contributed by atoms with van der Waals surface area (Å²) in [5, 5.41) is 4.89. The quantitative estimate of drug-likeness (QED) is 0.746. The molecule has 1 fully saturated rings. The fourth-order valence-corrected chi connectivity index (χ4v) is 1.74. The van der Waals surface area contributed by atoms with Crippen LogP contribution in [0.2, 0.25) is 0 Å². The lowest BCUT2D eigenvalue weighted by Crippen LogP contribution is -2.51. The number of halogens is 4. The molecule has 2 N–H and O–H groups in total. The predicted molar refractivity (Wildman–Crippen MR) is 54.2 cm³/mol. The van der Waals surface area contributed by atoms with E-state index in [0.29, 0.717) is 13.0 Å². The Balaban J connectivity index is 2.49. The van der Waals surface area contributed by atoms with E-state index in [1.807, 2.05) is 5.32 Å². The van der Waals surface area contributed by atoms with Crippen molar-refractivity contribution in [2.75, 3.05) is 19.6 Å². The van der Waals surface area contributed by atoms with Gasteiger partial charge >= 0.3 is 12.3 Å². The van der Waals surface area contributed by atoms with Gasteiger partial charge in [-0.2, -0.15) is 8.78 Å². The highest BCUT2D eigenvalue weighted by atomic mass is 19.3. The topological polar surface area (TPSA) is 41.1 Å². The minimum atomic E-state index is -4.17. The second kappa shape index (κ2) is 5.20. The molecule has 1 aliphatic rings. The van der Waals surface area contributed by atoms with Gasteiger partial charge in [0.15, 0.2) is 0 Å². The number of hydrogen-bond acceptors (Lipinski definition) is 2. The van der Waals surface area contributed by atoms with E-state index >= 15 is 0 Å². The van der Waals surface area contributed by atoms with Crippen molar-refractivity contribution in [1.82, 2.24) is 10.6 Å². The summed E-state index contributed by atoms with van der Waals surface area (Å²) in [6.45, 7) is 1.46. The molecule has 1 unspecified atom stereocenters. The molecular formula is C10H16F4N2O. The van der Waals surface area contributed by atoms with Gasteiger partial charge in [-0.1, -0.05) is 0 Å². The summed E-state index contributed by atoms with van der Waals surface area (Å²) in [7, 11) is 0. The molecule has 0 aromatic carbocycles. The van der Waals surface area contributed by atoms with Gasteiger partial charge < -0.3 is 10.6 Å². The number of nitrogens with one attached hydrogen (secondary N) is 2. The molecule has 0 bridgehead atoms. The minimum Gasteiger partial charge on any atom is -0.349 e. The summed E-state index contributed by atoms with van der Waals surface area (Å²) >= 11 is 0. The number of amides is 1. The first-order valence-electron chi connectivity index (χ1n) is 5.43. The molecule has 0 aromatic rings. The van der Waals surface area contributed by atoms with Crippen molar-refractivity contribution in [2.24, 2.45) is 5.41 Å². The molecule has 1 amide bonds. The Morgan fingerprint density at radius 1 is 1.53 bits per heavy atom. The van der Waals surface area contributed by atoms with E-state index in [4.69, 9.17) is 0 Å². The standard InChI is InChI=1S/C10H16F4N2O/c1-9(3-2-4-15-5-9)8(17)16-6-10(13,14)7(11)12/h7,15H,2-6H2,1H3,(H,16,17). The van der Waals surface area contributed by atoms with Gasteiger partial charge in [-0.3, -0.25) is 4.79 Å². The first-order chi connectivity index (χ1) is 7.78. The molecule has 0 spiro atoms. The Bertz CT molecular complexity index is 277. The molecule has 0 aromatic heterocycles. The molecule has 0 aliphatic carbocycles. The fraction of sp³-hybridized carbons (Fsp3) is 0.900. The maximum Gasteiger partial charge on any atom is 0.324 e. The zero-order chi connectivity index (χ0) is 13.1. The molecule has 0 saturated carbocycles. The van der Waals surface area contributed by atoms with E-state index in [9.17, 15) is 22.4 Å². The van der Waals surface area contributed by atoms with E-state index in [-0.39, 0.29) is 0 Å². The Hall–Kier alpha value is -0.850. The lowest BCUT2D eigenvalue weighted by molar-refractivity contribution is -0.142. The molecule has 1 saturated heterocycles. The Morgan fingerprint density at radius 3 is 2.65 bits per heavy atom. The van der Waals surface area contributed by atoms with Crippen LogP contribution in [0.5, 0.6) is 0 Å². The van der Waals surface area contributed by atoms with E-state index in [1.165, 1.54) is 0 Å². The third-order valence-corrected chi connectivity index (χ3v) is 2.95. The zero-order valence-corrected chi connectivity index (χ0v) is 9.53. The number of piperidine rings is 1. The summed E-state index contributed by atoms with van der Waals surface area (Å²) in [4.78, 5) is 11.7. The lowest BCUT2D eigenvalue weighted by Gasteiger charge is -2.33. The highest BCUT2D eigenvalue weighted by Gasteiger charge is 2.42. The summed E-state index contributed by atoms with van der Waals surface area (Å²) in [5.74, 6) is -4.78. The normalized spacial score (nSPS) is 26.0. The molecule has 100 valence electrons. The third kappa shape index (κ3) is 3.55. The largest absolute Gasteiger partial charge is 0.349 e. The van der Waals surface area contributed by atoms with Crippen molar-refractivity contribution in [1.29, 1.82) is 0 Å². The highest BCUT2D eigenvalue weighted by Crippen LogP contribution is 2.27. The van der Waals surface area contributed by atoms with Gasteiger partial charge in [-0.15, -0.1) is 0 Å². The average molecular weight is 256 g/mol. The number of carbonyl (C=O) groups is 1. The average Bonchev–Trinajstić information content (AvgIpc) is 2.26. The van der Waals surface area contributed by atoms with Gasteiger partial charge in [0, 0.05) is 6.54 Å². The minimum absolute atomic E-state index is 0.374. The second-order valence-electron chi connectivity index (χ2n) is 4.59. The molecular weight excluding hydrogens is 240 g/mol. The Labute approximate surface area is 96.9 Å². The van der Waals surface area contributed by atoms with Gasteiger partial charge in [0.25, 0.3) is 0 Å². The molecule has 1 heterocycles. The van der Waals surface area contributed by atoms with E-state index in [0.717, 1.165) is 13.0 Å². The summed E-state index contributed by atoms with van der Waals surface area (Å²) in [6.07, 6.45) is -2.44. The van der Waals surface area contributed by atoms with Gasteiger partial charge in [-0.25, -0.2) is 8.78 Å². The van der Waals surface area contributed by atoms with Gasteiger partial charge in [-0.05, 0) is 26.3 Å². The van der Waals surface area contributed by atoms with Crippen LogP contribution >= 0.6 is 0 Å². The van der Waals surface area contributed by atoms with Gasteiger partial charge in [0.2, 0.25) is 5.91 Å². The lowest BCUT2D eigenvalue weighted by atomic mass is 9.82. The zero-order valence-electron chi connectivity index (χ0n) is 9.53. The van der Waals surface area contributed by atoms with Crippen LogP contribution in [0.3, 0.4) is 0 Å². The number of rotatable bonds is 4. The molecule has 1 rings (SSSR count). The van der Waals surface area contributed by atoms with Crippen molar-refractivity contribution < 1.29 is 22.4 Å². The monoisotopic (exact) mass is 256 g/mol. The van der Waals surface area contributed by atoms with Crippen LogP contribution in [0.1, 0.15) is 19.8 Å². The first-order valence-corrected chi connectivity index (χ1v) is 5.43. The van der Waals surface area contributed by atoms with Crippen LogP contribution in [0.25, 0.3) is 0 Å². The third-order valence-electron chi connectivity index (χ3n) is 2.95. The number of carbonyl (C=O) groups excluding carboxylic acids is 1. The van der Waals surface area contributed by atoms with E-state index in [2.05, 4.69) is 5.32 Å². The van der Waals surface area contributed by atoms with Crippen molar-refractivity contribution in [2.45, 2.75) is 32.1 Å².